The first-order valence-electron chi connectivity index (χ1n) is 7.13. The molecular formula is C17H19NO2. The monoisotopic (exact) mass is 269 g/mol. The fourth-order valence-corrected chi connectivity index (χ4v) is 2.46. The molecule has 0 bridgehead atoms. The Bertz CT molecular complexity index is 544. The van der Waals surface area contributed by atoms with E-state index in [0.29, 0.717) is 19.0 Å². The van der Waals surface area contributed by atoms with Crippen molar-refractivity contribution in [2.45, 2.75) is 31.8 Å². The van der Waals surface area contributed by atoms with Crippen LogP contribution in [0.15, 0.2) is 53.1 Å². The first-order chi connectivity index (χ1) is 9.81. The third-order valence-corrected chi connectivity index (χ3v) is 3.63. The molecule has 0 unspecified atom stereocenters. The smallest absolute Gasteiger partial charge is 0.151 e. The van der Waals surface area contributed by atoms with Crippen LogP contribution in [0.25, 0.3) is 0 Å². The third kappa shape index (κ3) is 3.58. The number of carbonyl (C=O) groups is 1. The molecule has 3 heteroatoms. The topological polar surface area (TPSA) is 33.5 Å². The molecule has 0 spiro atoms. The van der Waals surface area contributed by atoms with Crippen molar-refractivity contribution in [1.82, 2.24) is 4.90 Å². The predicted octanol–water partition coefficient (Wildman–Crippen LogP) is 3.06. The van der Waals surface area contributed by atoms with Crippen LogP contribution >= 0.6 is 0 Å². The van der Waals surface area contributed by atoms with Crippen LogP contribution in [0.4, 0.5) is 0 Å². The summed E-state index contributed by atoms with van der Waals surface area (Å²) in [5.74, 6) is 1.21. The van der Waals surface area contributed by atoms with Crippen LogP contribution in [-0.2, 0) is 17.8 Å². The van der Waals surface area contributed by atoms with Crippen molar-refractivity contribution >= 4 is 5.78 Å². The highest BCUT2D eigenvalue weighted by atomic mass is 16.3. The number of rotatable bonds is 7. The van der Waals surface area contributed by atoms with Crippen molar-refractivity contribution < 1.29 is 9.21 Å². The number of benzene rings is 1. The van der Waals surface area contributed by atoms with Crippen molar-refractivity contribution in [1.29, 1.82) is 0 Å². The lowest BCUT2D eigenvalue weighted by Gasteiger charge is -2.19. The number of hydrogen-bond donors (Lipinski definition) is 0. The van der Waals surface area contributed by atoms with Crippen molar-refractivity contribution in [3.8, 4) is 0 Å². The largest absolute Gasteiger partial charge is 0.468 e. The van der Waals surface area contributed by atoms with Gasteiger partial charge in [0.2, 0.25) is 0 Å². The van der Waals surface area contributed by atoms with Gasteiger partial charge in [-0.25, -0.2) is 0 Å². The van der Waals surface area contributed by atoms with E-state index in [1.165, 1.54) is 12.8 Å². The highest BCUT2D eigenvalue weighted by molar-refractivity contribution is 5.82. The number of hydrogen-bond acceptors (Lipinski definition) is 3. The van der Waals surface area contributed by atoms with Crippen molar-refractivity contribution in [2.75, 3.05) is 6.54 Å². The van der Waals surface area contributed by atoms with E-state index in [1.807, 2.05) is 42.5 Å². The minimum atomic E-state index is 0.273. The second-order valence-corrected chi connectivity index (χ2v) is 5.42. The van der Waals surface area contributed by atoms with E-state index in [9.17, 15) is 4.79 Å². The number of Topliss-reactive ketones (excluding diaryl/α,β-unsaturated/α-hetero) is 1. The fourth-order valence-electron chi connectivity index (χ4n) is 2.46. The van der Waals surface area contributed by atoms with Gasteiger partial charge >= 0.3 is 0 Å². The molecule has 1 fully saturated rings. The van der Waals surface area contributed by atoms with E-state index in [2.05, 4.69) is 4.90 Å². The van der Waals surface area contributed by atoms with Gasteiger partial charge in [-0.2, -0.15) is 0 Å². The van der Waals surface area contributed by atoms with Crippen LogP contribution in [0, 0.1) is 0 Å². The molecule has 104 valence electrons. The Morgan fingerprint density at radius 3 is 2.60 bits per heavy atom. The molecule has 0 saturated heterocycles. The molecule has 3 rings (SSSR count). The molecule has 1 aromatic heterocycles. The molecule has 1 saturated carbocycles. The van der Waals surface area contributed by atoms with Gasteiger partial charge < -0.3 is 4.42 Å². The maximum Gasteiger partial charge on any atom is 0.151 e. The first kappa shape index (κ1) is 13.1. The summed E-state index contributed by atoms with van der Waals surface area (Å²) in [5.41, 5.74) is 1.09. The Morgan fingerprint density at radius 1 is 1.15 bits per heavy atom. The molecule has 3 nitrogen and oxygen atoms in total. The standard InChI is InChI=1S/C17H19NO2/c19-16(11-14-5-2-1-3-6-14)12-18(15-8-9-15)13-17-7-4-10-20-17/h1-7,10,15H,8-9,11-13H2. The molecule has 0 amide bonds. The number of nitrogens with zero attached hydrogens (tertiary/aromatic N) is 1. The summed E-state index contributed by atoms with van der Waals surface area (Å²) in [6, 6.07) is 14.4. The maximum atomic E-state index is 12.2. The van der Waals surface area contributed by atoms with Gasteiger partial charge in [-0.05, 0) is 30.5 Å². The van der Waals surface area contributed by atoms with E-state index < -0.39 is 0 Å². The normalized spacial score (nSPS) is 14.7. The first-order valence-corrected chi connectivity index (χ1v) is 7.13. The second-order valence-electron chi connectivity index (χ2n) is 5.42. The van der Waals surface area contributed by atoms with E-state index in [1.54, 1.807) is 6.26 Å². The highest BCUT2D eigenvalue weighted by Crippen LogP contribution is 2.28. The lowest BCUT2D eigenvalue weighted by molar-refractivity contribution is -0.119. The molecule has 1 aliphatic rings. The molecule has 0 atom stereocenters. The van der Waals surface area contributed by atoms with Gasteiger partial charge in [-0.1, -0.05) is 30.3 Å². The Labute approximate surface area is 119 Å². The third-order valence-electron chi connectivity index (χ3n) is 3.63. The van der Waals surface area contributed by atoms with Crippen LogP contribution in [0.5, 0.6) is 0 Å². The fraction of sp³-hybridized carbons (Fsp3) is 0.353. The molecule has 0 radical (unpaired) electrons. The molecule has 0 N–H and O–H groups in total. The molecule has 2 aromatic rings. The molecule has 20 heavy (non-hydrogen) atoms. The van der Waals surface area contributed by atoms with Crippen LogP contribution < -0.4 is 0 Å². The van der Waals surface area contributed by atoms with Gasteiger partial charge in [0.1, 0.15) is 5.76 Å². The predicted molar refractivity (Wildman–Crippen MR) is 77.3 cm³/mol. The van der Waals surface area contributed by atoms with E-state index in [-0.39, 0.29) is 5.78 Å². The number of ketones is 1. The average molecular weight is 269 g/mol. The summed E-state index contributed by atoms with van der Waals surface area (Å²) in [6.45, 7) is 1.25. The van der Waals surface area contributed by atoms with Gasteiger partial charge in [-0.3, -0.25) is 9.69 Å². The Balaban J connectivity index is 1.57. The van der Waals surface area contributed by atoms with E-state index in [0.717, 1.165) is 17.9 Å². The van der Waals surface area contributed by atoms with Gasteiger partial charge in [0.05, 0.1) is 19.4 Å². The van der Waals surface area contributed by atoms with Crippen LogP contribution in [0.3, 0.4) is 0 Å². The number of carbonyl (C=O) groups excluding carboxylic acids is 1. The zero-order valence-corrected chi connectivity index (χ0v) is 11.5. The number of furan rings is 1. The zero-order chi connectivity index (χ0) is 13.8. The summed E-state index contributed by atoms with van der Waals surface area (Å²) in [7, 11) is 0. The van der Waals surface area contributed by atoms with Crippen molar-refractivity contribution in [3.05, 3.63) is 60.1 Å². The van der Waals surface area contributed by atoms with Crippen molar-refractivity contribution in [3.63, 3.8) is 0 Å². The maximum absolute atomic E-state index is 12.2. The minimum absolute atomic E-state index is 0.273. The summed E-state index contributed by atoms with van der Waals surface area (Å²) < 4.78 is 5.39. The highest BCUT2D eigenvalue weighted by Gasteiger charge is 2.30. The Kier molecular flexibility index (Phi) is 3.97. The average Bonchev–Trinajstić information content (AvgIpc) is 3.18. The van der Waals surface area contributed by atoms with Crippen LogP contribution in [-0.4, -0.2) is 23.3 Å². The SMILES string of the molecule is O=C(Cc1ccccc1)CN(Cc1ccco1)C1CC1. The molecule has 1 aromatic carbocycles. The van der Waals surface area contributed by atoms with Gasteiger partial charge in [-0.15, -0.1) is 0 Å². The van der Waals surface area contributed by atoms with Gasteiger partial charge in [0.25, 0.3) is 0 Å². The summed E-state index contributed by atoms with van der Waals surface area (Å²) >= 11 is 0. The quantitative estimate of drug-likeness (QED) is 0.774. The molecule has 0 aliphatic heterocycles. The lowest BCUT2D eigenvalue weighted by atomic mass is 10.1. The summed E-state index contributed by atoms with van der Waals surface area (Å²) in [6.07, 6.45) is 4.59. The lowest BCUT2D eigenvalue weighted by Crippen LogP contribution is -2.32. The second kappa shape index (κ2) is 6.06. The Hall–Kier alpha value is -1.87. The van der Waals surface area contributed by atoms with E-state index in [4.69, 9.17) is 4.42 Å². The summed E-state index contributed by atoms with van der Waals surface area (Å²) in [5, 5.41) is 0. The van der Waals surface area contributed by atoms with Gasteiger partial charge in [0, 0.05) is 12.5 Å². The molecule has 1 heterocycles. The zero-order valence-electron chi connectivity index (χ0n) is 11.5. The van der Waals surface area contributed by atoms with Crippen molar-refractivity contribution in [2.24, 2.45) is 0 Å². The molecular weight excluding hydrogens is 250 g/mol. The Morgan fingerprint density at radius 2 is 1.95 bits per heavy atom. The van der Waals surface area contributed by atoms with Gasteiger partial charge in [0.15, 0.2) is 5.78 Å². The molecule has 1 aliphatic carbocycles. The minimum Gasteiger partial charge on any atom is -0.468 e. The summed E-state index contributed by atoms with van der Waals surface area (Å²) in [4.78, 5) is 14.5. The van der Waals surface area contributed by atoms with E-state index >= 15 is 0 Å². The van der Waals surface area contributed by atoms with Crippen LogP contribution in [0.1, 0.15) is 24.2 Å². The van der Waals surface area contributed by atoms with Crippen LogP contribution in [0.2, 0.25) is 0 Å².